The average Bonchev–Trinajstić information content (AvgIpc) is 3.05. The maximum absolute atomic E-state index is 12.9. The van der Waals surface area contributed by atoms with Gasteiger partial charge in [0.25, 0.3) is 0 Å². The molecule has 1 saturated heterocycles. The Morgan fingerprint density at radius 3 is 2.59 bits per heavy atom. The fourth-order valence-corrected chi connectivity index (χ4v) is 3.93. The van der Waals surface area contributed by atoms with E-state index < -0.39 is 11.7 Å². The third-order valence-electron chi connectivity index (χ3n) is 5.24. The fraction of sp³-hybridized carbons (Fsp3) is 0.400. The van der Waals surface area contributed by atoms with Crippen LogP contribution in [-0.4, -0.2) is 35.4 Å². The van der Waals surface area contributed by atoms with E-state index in [0.29, 0.717) is 25.2 Å². The minimum atomic E-state index is -4.35. The zero-order valence-electron chi connectivity index (χ0n) is 14.7. The molecule has 4 rings (SSSR count). The van der Waals surface area contributed by atoms with Crippen LogP contribution in [0.3, 0.4) is 0 Å². The highest BCUT2D eigenvalue weighted by Crippen LogP contribution is 2.36. The van der Waals surface area contributed by atoms with Crippen molar-refractivity contribution >= 4 is 17.3 Å². The van der Waals surface area contributed by atoms with Crippen molar-refractivity contribution in [3.05, 3.63) is 53.9 Å². The van der Waals surface area contributed by atoms with Gasteiger partial charge in [-0.05, 0) is 49.2 Å². The van der Waals surface area contributed by atoms with Crippen LogP contribution in [0.15, 0.2) is 42.6 Å². The standard InChI is InChI=1S/C20H20F3N3O/c21-20(22,23)15-5-7-16(8-6-15)26-13-14(12-25-10-2-4-19(25)27)11-17-18(26)3-1-9-24-17/h1,3,5-9,14H,2,4,10-13H2. The Morgan fingerprint density at radius 1 is 1.15 bits per heavy atom. The molecule has 27 heavy (non-hydrogen) atoms. The molecule has 1 amide bonds. The van der Waals surface area contributed by atoms with Gasteiger partial charge in [0.15, 0.2) is 0 Å². The summed E-state index contributed by atoms with van der Waals surface area (Å²) in [7, 11) is 0. The van der Waals surface area contributed by atoms with Crippen molar-refractivity contribution in [1.82, 2.24) is 9.88 Å². The largest absolute Gasteiger partial charge is 0.416 e. The van der Waals surface area contributed by atoms with Crippen molar-refractivity contribution in [3.63, 3.8) is 0 Å². The van der Waals surface area contributed by atoms with E-state index in [4.69, 9.17) is 0 Å². The quantitative estimate of drug-likeness (QED) is 0.813. The number of aromatic nitrogens is 1. The zero-order chi connectivity index (χ0) is 19.0. The number of likely N-dealkylation sites (tertiary alicyclic amines) is 1. The Hall–Kier alpha value is -2.57. The van der Waals surface area contributed by atoms with Crippen LogP contribution in [0.25, 0.3) is 0 Å². The van der Waals surface area contributed by atoms with Gasteiger partial charge in [-0.1, -0.05) is 0 Å². The molecule has 2 aromatic rings. The van der Waals surface area contributed by atoms with Crippen LogP contribution in [-0.2, 0) is 17.4 Å². The number of nitrogens with zero attached hydrogens (tertiary/aromatic N) is 3. The molecule has 1 unspecified atom stereocenters. The SMILES string of the molecule is O=C1CCCN1CC1Cc2ncccc2N(c2ccc(C(F)(F)F)cc2)C1. The Labute approximate surface area is 155 Å². The molecular weight excluding hydrogens is 355 g/mol. The van der Waals surface area contributed by atoms with Crippen LogP contribution in [0.4, 0.5) is 24.5 Å². The maximum Gasteiger partial charge on any atom is 0.416 e. The number of halogens is 3. The Kier molecular flexibility index (Phi) is 4.53. The second-order valence-electron chi connectivity index (χ2n) is 7.14. The average molecular weight is 375 g/mol. The van der Waals surface area contributed by atoms with Crippen LogP contribution in [0.5, 0.6) is 0 Å². The Balaban J connectivity index is 1.61. The molecule has 4 nitrogen and oxygen atoms in total. The smallest absolute Gasteiger partial charge is 0.342 e. The monoisotopic (exact) mass is 375 g/mol. The molecule has 0 radical (unpaired) electrons. The predicted molar refractivity (Wildman–Crippen MR) is 95.7 cm³/mol. The van der Waals surface area contributed by atoms with E-state index >= 15 is 0 Å². The lowest BCUT2D eigenvalue weighted by Gasteiger charge is -2.37. The minimum absolute atomic E-state index is 0.183. The van der Waals surface area contributed by atoms with E-state index in [9.17, 15) is 18.0 Å². The van der Waals surface area contributed by atoms with E-state index in [2.05, 4.69) is 4.98 Å². The number of rotatable bonds is 3. The number of carbonyl (C=O) groups is 1. The first-order chi connectivity index (χ1) is 12.9. The lowest BCUT2D eigenvalue weighted by atomic mass is 9.94. The van der Waals surface area contributed by atoms with Crippen molar-refractivity contribution in [3.8, 4) is 0 Å². The maximum atomic E-state index is 12.9. The molecular formula is C20H20F3N3O. The van der Waals surface area contributed by atoms with Gasteiger partial charge in [0.1, 0.15) is 0 Å². The van der Waals surface area contributed by atoms with Crippen molar-refractivity contribution in [1.29, 1.82) is 0 Å². The highest BCUT2D eigenvalue weighted by atomic mass is 19.4. The molecule has 3 heterocycles. The number of benzene rings is 1. The van der Waals surface area contributed by atoms with Gasteiger partial charge in [-0.15, -0.1) is 0 Å². The first-order valence-corrected chi connectivity index (χ1v) is 9.08. The van der Waals surface area contributed by atoms with Gasteiger partial charge in [-0.3, -0.25) is 9.78 Å². The molecule has 0 aliphatic carbocycles. The van der Waals surface area contributed by atoms with Gasteiger partial charge in [0.05, 0.1) is 16.9 Å². The number of amides is 1. The van der Waals surface area contributed by atoms with Gasteiger partial charge < -0.3 is 9.80 Å². The first-order valence-electron chi connectivity index (χ1n) is 9.08. The normalized spacial score (nSPS) is 20.1. The lowest BCUT2D eigenvalue weighted by molar-refractivity contribution is -0.137. The summed E-state index contributed by atoms with van der Waals surface area (Å²) in [6.45, 7) is 2.09. The van der Waals surface area contributed by atoms with Gasteiger partial charge in [0, 0.05) is 43.9 Å². The third-order valence-corrected chi connectivity index (χ3v) is 5.24. The number of fused-ring (bicyclic) bond motifs is 1. The summed E-state index contributed by atoms with van der Waals surface area (Å²) in [5.74, 6) is 0.375. The molecule has 142 valence electrons. The second kappa shape index (κ2) is 6.87. The molecule has 1 atom stereocenters. The van der Waals surface area contributed by atoms with Crippen molar-refractivity contribution in [2.24, 2.45) is 5.92 Å². The van der Waals surface area contributed by atoms with Crippen LogP contribution in [0.2, 0.25) is 0 Å². The fourth-order valence-electron chi connectivity index (χ4n) is 3.93. The van der Waals surface area contributed by atoms with Crippen LogP contribution in [0, 0.1) is 5.92 Å². The number of carbonyl (C=O) groups excluding carboxylic acids is 1. The van der Waals surface area contributed by atoms with Gasteiger partial charge >= 0.3 is 6.18 Å². The molecule has 7 heteroatoms. The highest BCUT2D eigenvalue weighted by Gasteiger charge is 2.32. The van der Waals surface area contributed by atoms with Gasteiger partial charge in [-0.25, -0.2) is 0 Å². The summed E-state index contributed by atoms with van der Waals surface area (Å²) in [6, 6.07) is 9.00. The first kappa shape index (κ1) is 17.8. The highest BCUT2D eigenvalue weighted by molar-refractivity contribution is 5.78. The molecule has 0 saturated carbocycles. The molecule has 2 aliphatic heterocycles. The van der Waals surface area contributed by atoms with E-state index in [1.807, 2.05) is 21.9 Å². The van der Waals surface area contributed by atoms with E-state index in [0.717, 1.165) is 42.9 Å². The summed E-state index contributed by atoms with van der Waals surface area (Å²) >= 11 is 0. The minimum Gasteiger partial charge on any atom is -0.342 e. The third kappa shape index (κ3) is 3.63. The van der Waals surface area contributed by atoms with Crippen molar-refractivity contribution in [2.75, 3.05) is 24.5 Å². The molecule has 1 aromatic carbocycles. The van der Waals surface area contributed by atoms with E-state index in [-0.39, 0.29) is 11.8 Å². The van der Waals surface area contributed by atoms with Gasteiger partial charge in [0.2, 0.25) is 5.91 Å². The topological polar surface area (TPSA) is 36.4 Å². The number of hydrogen-bond acceptors (Lipinski definition) is 3. The molecule has 0 N–H and O–H groups in total. The molecule has 0 spiro atoms. The summed E-state index contributed by atoms with van der Waals surface area (Å²) in [6.07, 6.45) is -0.365. The van der Waals surface area contributed by atoms with Gasteiger partial charge in [-0.2, -0.15) is 13.2 Å². The summed E-state index contributed by atoms with van der Waals surface area (Å²) < 4.78 is 38.6. The van der Waals surface area contributed by atoms with Crippen LogP contribution in [0.1, 0.15) is 24.1 Å². The Bertz CT molecular complexity index is 835. The Morgan fingerprint density at radius 2 is 1.93 bits per heavy atom. The number of pyridine rings is 1. The van der Waals surface area contributed by atoms with E-state index in [1.54, 1.807) is 6.20 Å². The van der Waals surface area contributed by atoms with Crippen molar-refractivity contribution in [2.45, 2.75) is 25.4 Å². The lowest BCUT2D eigenvalue weighted by Crippen LogP contribution is -2.40. The second-order valence-corrected chi connectivity index (χ2v) is 7.14. The molecule has 0 bridgehead atoms. The van der Waals surface area contributed by atoms with Crippen LogP contribution < -0.4 is 4.90 Å². The molecule has 1 aromatic heterocycles. The van der Waals surface area contributed by atoms with Crippen molar-refractivity contribution < 1.29 is 18.0 Å². The number of anilines is 2. The molecule has 1 fully saturated rings. The summed E-state index contributed by atoms with van der Waals surface area (Å²) in [5, 5.41) is 0. The summed E-state index contributed by atoms with van der Waals surface area (Å²) in [4.78, 5) is 20.3. The van der Waals surface area contributed by atoms with Crippen LogP contribution >= 0.6 is 0 Å². The molecule has 2 aliphatic rings. The summed E-state index contributed by atoms with van der Waals surface area (Å²) in [5.41, 5.74) is 1.88. The predicted octanol–water partition coefficient (Wildman–Crippen LogP) is 4.03. The zero-order valence-corrected chi connectivity index (χ0v) is 14.7. The van der Waals surface area contributed by atoms with E-state index in [1.165, 1.54) is 12.1 Å². The number of alkyl halides is 3. The number of hydrogen-bond donors (Lipinski definition) is 0.